The molecule has 2 amide bonds. The Labute approximate surface area is 151 Å². The van der Waals surface area contributed by atoms with Crippen LogP contribution in [0.4, 0.5) is 0 Å². The highest BCUT2D eigenvalue weighted by Gasteiger charge is 2.29. The first-order valence-corrected chi connectivity index (χ1v) is 10.1. The average Bonchev–Trinajstić information content (AvgIpc) is 2.96. The second kappa shape index (κ2) is 7.77. The molecule has 3 rings (SSSR count). The first-order valence-electron chi connectivity index (χ1n) is 8.28. The number of hydrogen-bond acceptors (Lipinski definition) is 6. The summed E-state index contributed by atoms with van der Waals surface area (Å²) in [5, 5.41) is 0. The number of ether oxygens (including phenoxy) is 2. The smallest absolute Gasteiger partial charge is 0.262 e. The molecule has 0 aliphatic carbocycles. The van der Waals surface area contributed by atoms with Crippen LogP contribution in [0.1, 0.15) is 18.4 Å². The van der Waals surface area contributed by atoms with Gasteiger partial charge in [0, 0.05) is 12.5 Å². The summed E-state index contributed by atoms with van der Waals surface area (Å²) in [6.45, 7) is 0.992. The molecule has 2 aliphatic rings. The predicted octanol–water partition coefficient (Wildman–Crippen LogP) is 0.443. The minimum atomic E-state index is -3.02. The number of rotatable bonds is 4. The summed E-state index contributed by atoms with van der Waals surface area (Å²) in [6, 6.07) is 5.32. The zero-order chi connectivity index (χ0) is 18.6. The lowest BCUT2D eigenvalue weighted by molar-refractivity contribution is -0.127. The van der Waals surface area contributed by atoms with Crippen LogP contribution in [-0.4, -0.2) is 45.0 Å². The maximum absolute atomic E-state index is 11.8. The summed E-state index contributed by atoms with van der Waals surface area (Å²) in [5.74, 6) is 0.344. The van der Waals surface area contributed by atoms with Gasteiger partial charge in [-0.3, -0.25) is 20.4 Å². The van der Waals surface area contributed by atoms with Crippen molar-refractivity contribution in [3.8, 4) is 11.5 Å². The summed E-state index contributed by atoms with van der Waals surface area (Å²) in [5.41, 5.74) is 5.33. The molecule has 0 unspecified atom stereocenters. The Morgan fingerprint density at radius 3 is 2.65 bits per heavy atom. The van der Waals surface area contributed by atoms with Crippen molar-refractivity contribution in [1.82, 2.24) is 10.9 Å². The number of carbonyl (C=O) groups excluding carboxylic acids is 2. The Morgan fingerprint density at radius 1 is 1.15 bits per heavy atom. The van der Waals surface area contributed by atoms with Crippen LogP contribution in [0.2, 0.25) is 0 Å². The molecule has 1 atom stereocenters. The third-order valence-corrected chi connectivity index (χ3v) is 5.96. The Hall–Kier alpha value is -2.55. The quantitative estimate of drug-likeness (QED) is 0.579. The van der Waals surface area contributed by atoms with Gasteiger partial charge in [-0.1, -0.05) is 6.07 Å². The van der Waals surface area contributed by atoms with E-state index in [1.807, 2.05) is 0 Å². The third-order valence-electron chi connectivity index (χ3n) is 4.12. The van der Waals surface area contributed by atoms with Crippen LogP contribution in [-0.2, 0) is 19.4 Å². The fourth-order valence-electron chi connectivity index (χ4n) is 2.85. The zero-order valence-corrected chi connectivity index (χ0v) is 14.9. The Morgan fingerprint density at radius 2 is 1.92 bits per heavy atom. The molecule has 2 heterocycles. The van der Waals surface area contributed by atoms with E-state index in [2.05, 4.69) is 10.9 Å². The van der Waals surface area contributed by atoms with E-state index in [1.54, 1.807) is 24.3 Å². The van der Waals surface area contributed by atoms with Gasteiger partial charge >= 0.3 is 0 Å². The average molecular weight is 380 g/mol. The summed E-state index contributed by atoms with van der Waals surface area (Å²) in [6.07, 6.45) is 3.42. The number of benzene rings is 1. The van der Waals surface area contributed by atoms with Gasteiger partial charge in [-0.05, 0) is 36.1 Å². The van der Waals surface area contributed by atoms with E-state index in [0.29, 0.717) is 31.1 Å². The molecule has 26 heavy (non-hydrogen) atoms. The van der Waals surface area contributed by atoms with Gasteiger partial charge in [0.25, 0.3) is 5.91 Å². The van der Waals surface area contributed by atoms with E-state index in [1.165, 1.54) is 6.08 Å². The summed E-state index contributed by atoms with van der Waals surface area (Å²) in [7, 11) is -3.02. The predicted molar refractivity (Wildman–Crippen MR) is 94.1 cm³/mol. The largest absolute Gasteiger partial charge is 0.486 e. The van der Waals surface area contributed by atoms with Crippen molar-refractivity contribution in [3.05, 3.63) is 29.8 Å². The highest BCUT2D eigenvalue weighted by atomic mass is 32.2. The molecule has 1 aromatic rings. The van der Waals surface area contributed by atoms with Gasteiger partial charge in [-0.15, -0.1) is 0 Å². The second-order valence-corrected chi connectivity index (χ2v) is 8.48. The molecule has 8 nitrogen and oxygen atoms in total. The SMILES string of the molecule is O=C(/C=C/c1ccc2c(c1)OCCO2)NNC(=O)C[C@H]1CCS(=O)(=O)C1. The highest BCUT2D eigenvalue weighted by Crippen LogP contribution is 2.31. The Balaban J connectivity index is 1.45. The number of fused-ring (bicyclic) bond motifs is 1. The number of hydrazine groups is 1. The third kappa shape index (κ3) is 4.98. The van der Waals surface area contributed by atoms with Crippen molar-refractivity contribution < 1.29 is 27.5 Å². The van der Waals surface area contributed by atoms with Crippen LogP contribution in [0.15, 0.2) is 24.3 Å². The fraction of sp³-hybridized carbons (Fsp3) is 0.412. The van der Waals surface area contributed by atoms with Gasteiger partial charge in [0.1, 0.15) is 13.2 Å². The molecule has 2 aliphatic heterocycles. The van der Waals surface area contributed by atoms with Crippen molar-refractivity contribution in [1.29, 1.82) is 0 Å². The molecule has 9 heteroatoms. The van der Waals surface area contributed by atoms with Gasteiger partial charge in [0.05, 0.1) is 11.5 Å². The number of nitrogens with one attached hydrogen (secondary N) is 2. The standard InChI is InChI=1S/C17H20N2O6S/c20-16(18-19-17(21)10-13-5-8-26(22,23)11-13)4-2-12-1-3-14-15(9-12)25-7-6-24-14/h1-4,9,13H,5-8,10-11H2,(H,18,20)(H,19,21)/b4-2+/t13-/m1/s1. The maximum Gasteiger partial charge on any atom is 0.262 e. The van der Waals surface area contributed by atoms with Gasteiger partial charge in [0.15, 0.2) is 21.3 Å². The molecule has 1 fully saturated rings. The fourth-order valence-corrected chi connectivity index (χ4v) is 4.72. The molecular formula is C17H20N2O6S. The lowest BCUT2D eigenvalue weighted by Crippen LogP contribution is -2.41. The van der Waals surface area contributed by atoms with Crippen molar-refractivity contribution in [2.24, 2.45) is 5.92 Å². The van der Waals surface area contributed by atoms with Gasteiger partial charge in [-0.2, -0.15) is 0 Å². The molecule has 0 radical (unpaired) electrons. The molecule has 0 aromatic heterocycles. The molecule has 140 valence electrons. The molecule has 0 saturated carbocycles. The van der Waals surface area contributed by atoms with Crippen LogP contribution >= 0.6 is 0 Å². The monoisotopic (exact) mass is 380 g/mol. The van der Waals surface area contributed by atoms with E-state index in [-0.39, 0.29) is 23.8 Å². The minimum absolute atomic E-state index is 0.0262. The van der Waals surface area contributed by atoms with Crippen LogP contribution in [0, 0.1) is 5.92 Å². The van der Waals surface area contributed by atoms with Gasteiger partial charge in [0.2, 0.25) is 5.91 Å². The van der Waals surface area contributed by atoms with E-state index in [9.17, 15) is 18.0 Å². The van der Waals surface area contributed by atoms with E-state index in [4.69, 9.17) is 9.47 Å². The van der Waals surface area contributed by atoms with Crippen LogP contribution in [0.25, 0.3) is 6.08 Å². The minimum Gasteiger partial charge on any atom is -0.486 e. The zero-order valence-electron chi connectivity index (χ0n) is 14.1. The summed E-state index contributed by atoms with van der Waals surface area (Å²) in [4.78, 5) is 23.6. The number of sulfone groups is 1. The van der Waals surface area contributed by atoms with Crippen LogP contribution < -0.4 is 20.3 Å². The molecule has 0 bridgehead atoms. The van der Waals surface area contributed by atoms with Gasteiger partial charge < -0.3 is 9.47 Å². The lowest BCUT2D eigenvalue weighted by atomic mass is 10.1. The molecule has 1 aromatic carbocycles. The molecule has 0 spiro atoms. The summed E-state index contributed by atoms with van der Waals surface area (Å²) >= 11 is 0. The van der Waals surface area contributed by atoms with Crippen molar-refractivity contribution in [2.45, 2.75) is 12.8 Å². The lowest BCUT2D eigenvalue weighted by Gasteiger charge is -2.18. The highest BCUT2D eigenvalue weighted by molar-refractivity contribution is 7.91. The van der Waals surface area contributed by atoms with Crippen molar-refractivity contribution in [2.75, 3.05) is 24.7 Å². The van der Waals surface area contributed by atoms with Crippen LogP contribution in [0.5, 0.6) is 11.5 Å². The molecule has 2 N–H and O–H groups in total. The second-order valence-electron chi connectivity index (χ2n) is 6.25. The van der Waals surface area contributed by atoms with Crippen molar-refractivity contribution >= 4 is 27.7 Å². The molecular weight excluding hydrogens is 360 g/mol. The van der Waals surface area contributed by atoms with Crippen LogP contribution in [0.3, 0.4) is 0 Å². The normalized spacial score (nSPS) is 20.7. The topological polar surface area (TPSA) is 111 Å². The first kappa shape index (κ1) is 18.2. The summed E-state index contributed by atoms with van der Waals surface area (Å²) < 4.78 is 33.6. The van der Waals surface area contributed by atoms with Gasteiger partial charge in [-0.25, -0.2) is 8.42 Å². The van der Waals surface area contributed by atoms with Crippen molar-refractivity contribution in [3.63, 3.8) is 0 Å². The Bertz CT molecular complexity index is 834. The Kier molecular flexibility index (Phi) is 5.46. The van der Waals surface area contributed by atoms with E-state index >= 15 is 0 Å². The number of carbonyl (C=O) groups is 2. The molecule has 1 saturated heterocycles. The first-order chi connectivity index (χ1) is 12.4. The number of amides is 2. The van der Waals surface area contributed by atoms with E-state index < -0.39 is 21.7 Å². The van der Waals surface area contributed by atoms with E-state index in [0.717, 1.165) is 5.56 Å². The number of hydrogen-bond donors (Lipinski definition) is 2. The maximum atomic E-state index is 11.8.